The number of hydrogen-bond donors (Lipinski definition) is 3. The Bertz CT molecular complexity index is 1150. The summed E-state index contributed by atoms with van der Waals surface area (Å²) in [6, 6.07) is 14.8. The van der Waals surface area contributed by atoms with Gasteiger partial charge in [0, 0.05) is 36.7 Å². The maximum Gasteiger partial charge on any atom is 0.247 e. The molecule has 182 valence electrons. The molecule has 4 rings (SSSR count). The van der Waals surface area contributed by atoms with Gasteiger partial charge in [-0.3, -0.25) is 9.69 Å². The molecule has 0 spiro atoms. The molecule has 10 heteroatoms. The third-order valence-corrected chi connectivity index (χ3v) is 5.49. The number of benzene rings is 2. The number of carbonyl (C=O) groups excluding carboxylic acids is 1. The van der Waals surface area contributed by atoms with Crippen LogP contribution in [-0.2, 0) is 9.53 Å². The molecule has 35 heavy (non-hydrogen) atoms. The van der Waals surface area contributed by atoms with Crippen molar-refractivity contribution in [2.45, 2.75) is 0 Å². The lowest BCUT2D eigenvalue weighted by molar-refractivity contribution is -0.111. The van der Waals surface area contributed by atoms with Gasteiger partial charge in [0.05, 0.1) is 19.4 Å². The van der Waals surface area contributed by atoms with E-state index in [4.69, 9.17) is 21.1 Å². The van der Waals surface area contributed by atoms with Crippen molar-refractivity contribution in [2.75, 3.05) is 55.4 Å². The molecule has 2 heterocycles. The van der Waals surface area contributed by atoms with Crippen LogP contribution in [0.2, 0.25) is 5.02 Å². The molecule has 0 unspecified atom stereocenters. The Morgan fingerprint density at radius 2 is 1.89 bits per heavy atom. The van der Waals surface area contributed by atoms with Gasteiger partial charge in [-0.2, -0.15) is 4.98 Å². The van der Waals surface area contributed by atoms with Crippen LogP contribution in [0.25, 0.3) is 0 Å². The van der Waals surface area contributed by atoms with Crippen LogP contribution in [0.5, 0.6) is 5.75 Å². The first-order valence-electron chi connectivity index (χ1n) is 11.2. The van der Waals surface area contributed by atoms with Crippen molar-refractivity contribution in [3.63, 3.8) is 0 Å². The second-order valence-electron chi connectivity index (χ2n) is 7.74. The molecular formula is C25H27ClN6O3. The fourth-order valence-electron chi connectivity index (χ4n) is 3.40. The van der Waals surface area contributed by atoms with Crippen molar-refractivity contribution in [3.8, 4) is 5.75 Å². The smallest absolute Gasteiger partial charge is 0.247 e. The van der Waals surface area contributed by atoms with Crippen LogP contribution in [0.3, 0.4) is 0 Å². The van der Waals surface area contributed by atoms with Gasteiger partial charge in [-0.1, -0.05) is 24.2 Å². The minimum Gasteiger partial charge on any atom is -0.492 e. The summed E-state index contributed by atoms with van der Waals surface area (Å²) in [6.45, 7) is 8.42. The van der Waals surface area contributed by atoms with Crippen LogP contribution < -0.4 is 20.7 Å². The largest absolute Gasteiger partial charge is 0.492 e. The molecule has 0 bridgehead atoms. The van der Waals surface area contributed by atoms with Gasteiger partial charge < -0.3 is 25.4 Å². The molecule has 2 aromatic carbocycles. The van der Waals surface area contributed by atoms with E-state index in [1.807, 2.05) is 30.3 Å². The number of carbonyl (C=O) groups is 1. The van der Waals surface area contributed by atoms with Crippen molar-refractivity contribution >= 4 is 46.3 Å². The van der Waals surface area contributed by atoms with Crippen molar-refractivity contribution in [1.82, 2.24) is 14.9 Å². The average Bonchev–Trinajstić information content (AvgIpc) is 2.88. The second kappa shape index (κ2) is 12.2. The van der Waals surface area contributed by atoms with Gasteiger partial charge in [-0.25, -0.2) is 4.98 Å². The highest BCUT2D eigenvalue weighted by Gasteiger charge is 2.10. The van der Waals surface area contributed by atoms with Crippen LogP contribution in [0.1, 0.15) is 0 Å². The van der Waals surface area contributed by atoms with Crippen LogP contribution in [0.15, 0.2) is 67.4 Å². The van der Waals surface area contributed by atoms with Gasteiger partial charge in [-0.15, -0.1) is 0 Å². The minimum absolute atomic E-state index is 0.290. The SMILES string of the molecule is C=CC(=O)Nc1cccc(Nc2nc(Nc3ccc(OCCN4CCOCC4)cc3)ncc2Cl)c1. The Labute approximate surface area is 209 Å². The molecule has 1 aliphatic rings. The van der Waals surface area contributed by atoms with Gasteiger partial charge in [0.25, 0.3) is 0 Å². The molecule has 1 saturated heterocycles. The molecule has 3 N–H and O–H groups in total. The van der Waals surface area contributed by atoms with Gasteiger partial charge in [0.2, 0.25) is 11.9 Å². The third-order valence-electron chi connectivity index (χ3n) is 5.21. The first-order valence-corrected chi connectivity index (χ1v) is 11.6. The number of anilines is 5. The summed E-state index contributed by atoms with van der Waals surface area (Å²) in [7, 11) is 0. The maximum atomic E-state index is 11.5. The first-order chi connectivity index (χ1) is 17.1. The molecule has 0 atom stereocenters. The average molecular weight is 495 g/mol. The highest BCUT2D eigenvalue weighted by atomic mass is 35.5. The van der Waals surface area contributed by atoms with Crippen LogP contribution in [0.4, 0.5) is 28.8 Å². The van der Waals surface area contributed by atoms with Crippen molar-refractivity contribution in [1.29, 1.82) is 0 Å². The minimum atomic E-state index is -0.290. The normalized spacial score (nSPS) is 13.6. The van der Waals surface area contributed by atoms with E-state index in [9.17, 15) is 4.79 Å². The zero-order valence-electron chi connectivity index (χ0n) is 19.2. The van der Waals surface area contributed by atoms with E-state index < -0.39 is 0 Å². The van der Waals surface area contributed by atoms with E-state index in [1.54, 1.807) is 18.2 Å². The summed E-state index contributed by atoms with van der Waals surface area (Å²) in [4.78, 5) is 22.6. The number of nitrogens with zero attached hydrogens (tertiary/aromatic N) is 3. The molecule has 0 aliphatic carbocycles. The van der Waals surface area contributed by atoms with Crippen LogP contribution in [0, 0.1) is 0 Å². The topological polar surface area (TPSA) is 101 Å². The Morgan fingerprint density at radius 1 is 1.11 bits per heavy atom. The standard InChI is InChI=1S/C25H27ClN6O3/c1-2-23(33)28-19-4-3-5-20(16-19)29-24-22(26)17-27-25(31-24)30-18-6-8-21(9-7-18)35-15-12-32-10-13-34-14-11-32/h2-9,16-17H,1,10-15H2,(H,28,33)(H2,27,29,30,31). The predicted molar refractivity (Wildman–Crippen MR) is 138 cm³/mol. The summed E-state index contributed by atoms with van der Waals surface area (Å²) in [6.07, 6.45) is 2.73. The van der Waals surface area contributed by atoms with E-state index in [1.165, 1.54) is 12.3 Å². The van der Waals surface area contributed by atoms with E-state index in [0.717, 1.165) is 44.3 Å². The summed E-state index contributed by atoms with van der Waals surface area (Å²) >= 11 is 6.30. The molecular weight excluding hydrogens is 468 g/mol. The molecule has 1 aromatic heterocycles. The molecule has 1 fully saturated rings. The summed E-state index contributed by atoms with van der Waals surface area (Å²) in [5, 5.41) is 9.41. The fourth-order valence-corrected chi connectivity index (χ4v) is 3.54. The van der Waals surface area contributed by atoms with Crippen molar-refractivity contribution < 1.29 is 14.3 Å². The zero-order valence-corrected chi connectivity index (χ0v) is 19.9. The van der Waals surface area contributed by atoms with Gasteiger partial charge in [0.1, 0.15) is 17.4 Å². The first kappa shape index (κ1) is 24.5. The number of hydrogen-bond acceptors (Lipinski definition) is 8. The Hall–Kier alpha value is -3.66. The monoisotopic (exact) mass is 494 g/mol. The number of morpholine rings is 1. The van der Waals surface area contributed by atoms with Gasteiger partial charge in [0.15, 0.2) is 5.82 Å². The number of rotatable bonds is 10. The van der Waals surface area contributed by atoms with Crippen LogP contribution in [-0.4, -0.2) is 60.2 Å². The quantitative estimate of drug-likeness (QED) is 0.355. The number of halogens is 1. The zero-order chi connectivity index (χ0) is 24.5. The highest BCUT2D eigenvalue weighted by molar-refractivity contribution is 6.32. The van der Waals surface area contributed by atoms with E-state index in [2.05, 4.69) is 37.4 Å². The van der Waals surface area contributed by atoms with Gasteiger partial charge in [-0.05, 0) is 48.5 Å². The lowest BCUT2D eigenvalue weighted by Crippen LogP contribution is -2.38. The Kier molecular flexibility index (Phi) is 8.50. The molecule has 0 saturated carbocycles. The summed E-state index contributed by atoms with van der Waals surface area (Å²) in [5.41, 5.74) is 2.14. The summed E-state index contributed by atoms with van der Waals surface area (Å²) < 4.78 is 11.2. The predicted octanol–water partition coefficient (Wildman–Crippen LogP) is 4.45. The number of amides is 1. The Balaban J connectivity index is 1.34. The number of ether oxygens (including phenoxy) is 2. The molecule has 9 nitrogen and oxygen atoms in total. The molecule has 3 aromatic rings. The van der Waals surface area contributed by atoms with Crippen LogP contribution >= 0.6 is 11.6 Å². The maximum absolute atomic E-state index is 11.5. The summed E-state index contributed by atoms with van der Waals surface area (Å²) in [5.74, 6) is 1.32. The van der Waals surface area contributed by atoms with E-state index in [-0.39, 0.29) is 5.91 Å². The lowest BCUT2D eigenvalue weighted by atomic mass is 10.2. The molecule has 0 radical (unpaired) electrons. The molecule has 1 aliphatic heterocycles. The van der Waals surface area contributed by atoms with Crippen molar-refractivity contribution in [2.24, 2.45) is 0 Å². The molecule has 1 amide bonds. The fraction of sp³-hybridized carbons (Fsp3) is 0.240. The lowest BCUT2D eigenvalue weighted by Gasteiger charge is -2.26. The van der Waals surface area contributed by atoms with Gasteiger partial charge >= 0.3 is 0 Å². The number of aromatic nitrogens is 2. The second-order valence-corrected chi connectivity index (χ2v) is 8.15. The third kappa shape index (κ3) is 7.41. The van der Waals surface area contributed by atoms with E-state index >= 15 is 0 Å². The number of nitrogens with one attached hydrogen (secondary N) is 3. The van der Waals surface area contributed by atoms with Crippen molar-refractivity contribution in [3.05, 3.63) is 72.4 Å². The Morgan fingerprint density at radius 3 is 2.66 bits per heavy atom. The van der Waals surface area contributed by atoms with E-state index in [0.29, 0.717) is 34.8 Å². The highest BCUT2D eigenvalue weighted by Crippen LogP contribution is 2.26.